The molecule has 1 heteroatoms. The maximum Gasteiger partial charge on any atom is 0.0467 e. The zero-order valence-electron chi connectivity index (χ0n) is 4.75. The van der Waals surface area contributed by atoms with Gasteiger partial charge in [0.25, 0.3) is 0 Å². The van der Waals surface area contributed by atoms with Crippen LogP contribution in [0.15, 0.2) is 12.2 Å². The number of hydrogen-bond acceptors (Lipinski definition) is 1. The van der Waals surface area contributed by atoms with Crippen molar-refractivity contribution < 1.29 is 5.11 Å². The monoisotopic (exact) mass is 110 g/mol. The van der Waals surface area contributed by atoms with Crippen LogP contribution in [-0.2, 0) is 0 Å². The first-order chi connectivity index (χ1) is 3.93. The predicted octanol–water partition coefficient (Wildman–Crippen LogP) is 0.801. The lowest BCUT2D eigenvalue weighted by Crippen LogP contribution is -1.89. The van der Waals surface area contributed by atoms with Gasteiger partial charge in [0.15, 0.2) is 0 Å². The molecule has 2 rings (SSSR count). The Kier molecular flexibility index (Phi) is 0.770. The second kappa shape index (κ2) is 1.35. The van der Waals surface area contributed by atoms with Gasteiger partial charge in [0.05, 0.1) is 0 Å². The standard InChI is InChI=1S/C7H10O/c8-4-7-5-2-1-3-6(5)7/h1-2,5-8H,3-4H2/t5-,6+,7+/m1/s1. The van der Waals surface area contributed by atoms with Crippen molar-refractivity contribution in [2.75, 3.05) is 6.61 Å². The normalized spacial score (nSPS) is 49.4. The summed E-state index contributed by atoms with van der Waals surface area (Å²) in [5.74, 6) is 2.24. The van der Waals surface area contributed by atoms with Crippen LogP contribution in [0.5, 0.6) is 0 Å². The van der Waals surface area contributed by atoms with E-state index in [1.54, 1.807) is 0 Å². The van der Waals surface area contributed by atoms with E-state index in [0.29, 0.717) is 12.5 Å². The van der Waals surface area contributed by atoms with E-state index >= 15 is 0 Å². The van der Waals surface area contributed by atoms with Gasteiger partial charge >= 0.3 is 0 Å². The molecule has 2 aliphatic rings. The molecule has 1 fully saturated rings. The van der Waals surface area contributed by atoms with Crippen molar-refractivity contribution >= 4 is 0 Å². The van der Waals surface area contributed by atoms with Crippen LogP contribution in [0.4, 0.5) is 0 Å². The highest BCUT2D eigenvalue weighted by Crippen LogP contribution is 2.53. The average molecular weight is 110 g/mol. The summed E-state index contributed by atoms with van der Waals surface area (Å²) in [6.45, 7) is 0.402. The summed E-state index contributed by atoms with van der Waals surface area (Å²) in [6, 6.07) is 0. The van der Waals surface area contributed by atoms with E-state index in [4.69, 9.17) is 5.11 Å². The maximum atomic E-state index is 8.68. The van der Waals surface area contributed by atoms with E-state index in [0.717, 1.165) is 11.8 Å². The molecule has 0 spiro atoms. The Bertz CT molecular complexity index is 128. The molecule has 0 aromatic carbocycles. The minimum Gasteiger partial charge on any atom is -0.396 e. The second-order valence-electron chi connectivity index (χ2n) is 2.75. The SMILES string of the molecule is OC[C@H]1[C@@H]2C=CC[C@@H]21. The number of hydrogen-bond donors (Lipinski definition) is 1. The highest BCUT2D eigenvalue weighted by Gasteiger charge is 2.49. The summed E-state index contributed by atoms with van der Waals surface area (Å²) in [5.41, 5.74) is 0. The molecule has 1 nitrogen and oxygen atoms in total. The summed E-state index contributed by atoms with van der Waals surface area (Å²) < 4.78 is 0. The largest absolute Gasteiger partial charge is 0.396 e. The molecular formula is C7H10O. The molecule has 1 saturated carbocycles. The Morgan fingerprint density at radius 2 is 2.50 bits per heavy atom. The van der Waals surface area contributed by atoms with Gasteiger partial charge in [-0.15, -0.1) is 0 Å². The van der Waals surface area contributed by atoms with Gasteiger partial charge in [-0.05, 0) is 24.2 Å². The lowest BCUT2D eigenvalue weighted by atomic mass is 10.2. The predicted molar refractivity (Wildman–Crippen MR) is 31.3 cm³/mol. The molecule has 2 aliphatic carbocycles. The van der Waals surface area contributed by atoms with Gasteiger partial charge in [-0.25, -0.2) is 0 Å². The van der Waals surface area contributed by atoms with Crippen molar-refractivity contribution in [3.05, 3.63) is 12.2 Å². The van der Waals surface area contributed by atoms with E-state index in [1.165, 1.54) is 6.42 Å². The van der Waals surface area contributed by atoms with Crippen LogP contribution in [0, 0.1) is 17.8 Å². The molecule has 0 unspecified atom stereocenters. The minimum absolute atomic E-state index is 0.402. The third kappa shape index (κ3) is 0.402. The quantitative estimate of drug-likeness (QED) is 0.495. The van der Waals surface area contributed by atoms with E-state index < -0.39 is 0 Å². The van der Waals surface area contributed by atoms with Crippen molar-refractivity contribution in [3.8, 4) is 0 Å². The summed E-state index contributed by atoms with van der Waals surface area (Å²) in [6.07, 6.45) is 5.68. The third-order valence-electron chi connectivity index (χ3n) is 2.38. The van der Waals surface area contributed by atoms with E-state index in [9.17, 15) is 0 Å². The van der Waals surface area contributed by atoms with Crippen molar-refractivity contribution in [3.63, 3.8) is 0 Å². The van der Waals surface area contributed by atoms with E-state index in [1.807, 2.05) is 0 Å². The Labute approximate surface area is 49.0 Å². The van der Waals surface area contributed by atoms with Crippen molar-refractivity contribution in [2.24, 2.45) is 17.8 Å². The molecule has 0 aromatic heterocycles. The summed E-state index contributed by atoms with van der Waals surface area (Å²) in [4.78, 5) is 0. The molecule has 0 heterocycles. The van der Waals surface area contributed by atoms with Gasteiger partial charge in [-0.3, -0.25) is 0 Å². The number of aliphatic hydroxyl groups excluding tert-OH is 1. The van der Waals surface area contributed by atoms with Crippen LogP contribution in [-0.4, -0.2) is 11.7 Å². The molecule has 0 amide bonds. The second-order valence-corrected chi connectivity index (χ2v) is 2.75. The van der Waals surface area contributed by atoms with Gasteiger partial charge in [0, 0.05) is 6.61 Å². The molecule has 44 valence electrons. The van der Waals surface area contributed by atoms with Crippen molar-refractivity contribution in [1.29, 1.82) is 0 Å². The van der Waals surface area contributed by atoms with Crippen LogP contribution in [0.2, 0.25) is 0 Å². The van der Waals surface area contributed by atoms with Crippen molar-refractivity contribution in [2.45, 2.75) is 6.42 Å². The highest BCUT2D eigenvalue weighted by atomic mass is 16.3. The zero-order valence-corrected chi connectivity index (χ0v) is 4.75. The maximum absolute atomic E-state index is 8.68. The fourth-order valence-electron chi connectivity index (χ4n) is 1.74. The topological polar surface area (TPSA) is 20.2 Å². The van der Waals surface area contributed by atoms with Gasteiger partial charge < -0.3 is 5.11 Å². The van der Waals surface area contributed by atoms with Crippen LogP contribution in [0.1, 0.15) is 6.42 Å². The molecule has 8 heavy (non-hydrogen) atoms. The Balaban J connectivity index is 2.03. The van der Waals surface area contributed by atoms with Crippen LogP contribution in [0.25, 0.3) is 0 Å². The number of allylic oxidation sites excluding steroid dienone is 2. The lowest BCUT2D eigenvalue weighted by Gasteiger charge is -1.88. The lowest BCUT2D eigenvalue weighted by molar-refractivity contribution is 0.265. The number of aliphatic hydroxyl groups is 1. The average Bonchev–Trinajstić information content (AvgIpc) is 2.22. The summed E-state index contributed by atoms with van der Waals surface area (Å²) in [7, 11) is 0. The Morgan fingerprint density at radius 3 is 2.88 bits per heavy atom. The Morgan fingerprint density at radius 1 is 1.62 bits per heavy atom. The van der Waals surface area contributed by atoms with Crippen molar-refractivity contribution in [1.82, 2.24) is 0 Å². The van der Waals surface area contributed by atoms with Crippen LogP contribution >= 0.6 is 0 Å². The molecule has 3 atom stereocenters. The first kappa shape index (κ1) is 4.57. The number of rotatable bonds is 1. The summed E-state index contributed by atoms with van der Waals surface area (Å²) >= 11 is 0. The van der Waals surface area contributed by atoms with E-state index in [2.05, 4.69) is 12.2 Å². The fraction of sp³-hybridized carbons (Fsp3) is 0.714. The highest BCUT2D eigenvalue weighted by molar-refractivity contribution is 5.16. The van der Waals surface area contributed by atoms with Gasteiger partial charge in [-0.1, -0.05) is 12.2 Å². The molecule has 0 bridgehead atoms. The minimum atomic E-state index is 0.402. The third-order valence-corrected chi connectivity index (χ3v) is 2.38. The van der Waals surface area contributed by atoms with Gasteiger partial charge in [0.2, 0.25) is 0 Å². The smallest absolute Gasteiger partial charge is 0.0467 e. The number of fused-ring (bicyclic) bond motifs is 1. The summed E-state index contributed by atoms with van der Waals surface area (Å²) in [5, 5.41) is 8.68. The van der Waals surface area contributed by atoms with E-state index in [-0.39, 0.29) is 0 Å². The molecule has 0 aliphatic heterocycles. The molecule has 1 N–H and O–H groups in total. The first-order valence-electron chi connectivity index (χ1n) is 3.21. The first-order valence-corrected chi connectivity index (χ1v) is 3.21. The van der Waals surface area contributed by atoms with Crippen LogP contribution < -0.4 is 0 Å². The Hall–Kier alpha value is -0.300. The van der Waals surface area contributed by atoms with Gasteiger partial charge in [0.1, 0.15) is 0 Å². The molecule has 0 aromatic rings. The fourth-order valence-corrected chi connectivity index (χ4v) is 1.74. The van der Waals surface area contributed by atoms with Crippen LogP contribution in [0.3, 0.4) is 0 Å². The zero-order chi connectivity index (χ0) is 5.56. The molecule has 0 saturated heterocycles. The van der Waals surface area contributed by atoms with Gasteiger partial charge in [-0.2, -0.15) is 0 Å². The molecular weight excluding hydrogens is 100 g/mol. The molecule has 0 radical (unpaired) electrons.